The molecule has 2 heterocycles. The van der Waals surface area contributed by atoms with Crippen molar-refractivity contribution in [3.8, 4) is 0 Å². The minimum atomic E-state index is -0.0221. The first-order valence-corrected chi connectivity index (χ1v) is 10.6. The standard InChI is InChI=1S/C22H24N2O2S/c1-16(27-15-17-7-3-2-4-8-17)22(25)24-13-11-18(12-14-24)21-23-19-9-5-6-10-20(19)26-21/h2-10,16,18H,11-15H2,1H3/t16-/m1/s1. The van der Waals surface area contributed by atoms with E-state index in [2.05, 4.69) is 17.1 Å². The summed E-state index contributed by atoms with van der Waals surface area (Å²) in [5.41, 5.74) is 3.02. The van der Waals surface area contributed by atoms with Gasteiger partial charge in [0.25, 0.3) is 0 Å². The number of oxazole rings is 1. The van der Waals surface area contributed by atoms with Crippen molar-refractivity contribution >= 4 is 28.8 Å². The molecule has 4 nitrogen and oxygen atoms in total. The zero-order chi connectivity index (χ0) is 18.6. The van der Waals surface area contributed by atoms with Crippen molar-refractivity contribution in [3.05, 3.63) is 66.1 Å². The van der Waals surface area contributed by atoms with Crippen LogP contribution in [0.5, 0.6) is 0 Å². The second-order valence-corrected chi connectivity index (χ2v) is 8.39. The number of benzene rings is 2. The van der Waals surface area contributed by atoms with E-state index in [0.29, 0.717) is 5.92 Å². The number of hydrogen-bond acceptors (Lipinski definition) is 4. The summed E-state index contributed by atoms with van der Waals surface area (Å²) in [6.45, 7) is 3.57. The van der Waals surface area contributed by atoms with Crippen LogP contribution in [0.3, 0.4) is 0 Å². The molecule has 0 radical (unpaired) electrons. The molecular formula is C22H24N2O2S. The van der Waals surface area contributed by atoms with Gasteiger partial charge in [-0.15, -0.1) is 11.8 Å². The summed E-state index contributed by atoms with van der Waals surface area (Å²) in [5.74, 6) is 2.23. The number of hydrogen-bond donors (Lipinski definition) is 0. The predicted molar refractivity (Wildman–Crippen MR) is 110 cm³/mol. The molecule has 2 aromatic carbocycles. The molecule has 1 fully saturated rings. The van der Waals surface area contributed by atoms with Crippen LogP contribution in [-0.4, -0.2) is 34.1 Å². The third kappa shape index (κ3) is 4.19. The summed E-state index contributed by atoms with van der Waals surface area (Å²) < 4.78 is 5.92. The smallest absolute Gasteiger partial charge is 0.235 e. The number of thioether (sulfide) groups is 1. The van der Waals surface area contributed by atoms with E-state index in [-0.39, 0.29) is 11.2 Å². The largest absolute Gasteiger partial charge is 0.440 e. The highest BCUT2D eigenvalue weighted by atomic mass is 32.2. The van der Waals surface area contributed by atoms with Gasteiger partial charge in [0.05, 0.1) is 5.25 Å². The maximum atomic E-state index is 12.8. The number of para-hydroxylation sites is 2. The first kappa shape index (κ1) is 18.1. The molecule has 1 aromatic heterocycles. The predicted octanol–water partition coefficient (Wildman–Crippen LogP) is 4.86. The Hall–Kier alpha value is -2.27. The van der Waals surface area contributed by atoms with Crippen molar-refractivity contribution in [2.75, 3.05) is 13.1 Å². The highest BCUT2D eigenvalue weighted by molar-refractivity contribution is 7.99. The minimum absolute atomic E-state index is 0.0221. The molecule has 3 aromatic rings. The second kappa shape index (κ2) is 8.17. The number of amides is 1. The van der Waals surface area contributed by atoms with Crippen molar-refractivity contribution in [2.45, 2.75) is 36.7 Å². The van der Waals surface area contributed by atoms with Crippen LogP contribution in [0.4, 0.5) is 0 Å². The molecule has 0 N–H and O–H groups in total. The molecule has 1 aliphatic rings. The lowest BCUT2D eigenvalue weighted by atomic mass is 9.96. The number of carbonyl (C=O) groups is 1. The minimum Gasteiger partial charge on any atom is -0.440 e. The maximum absolute atomic E-state index is 12.8. The molecule has 4 rings (SSSR count). The number of carbonyl (C=O) groups excluding carboxylic acids is 1. The Balaban J connectivity index is 1.30. The van der Waals surface area contributed by atoms with E-state index < -0.39 is 0 Å². The summed E-state index contributed by atoms with van der Waals surface area (Å²) >= 11 is 1.71. The summed E-state index contributed by atoms with van der Waals surface area (Å²) in [5, 5.41) is -0.0221. The Kier molecular flexibility index (Phi) is 5.48. The van der Waals surface area contributed by atoms with Crippen LogP contribution in [0.1, 0.15) is 37.1 Å². The van der Waals surface area contributed by atoms with Crippen molar-refractivity contribution in [2.24, 2.45) is 0 Å². The summed E-state index contributed by atoms with van der Waals surface area (Å²) in [4.78, 5) is 19.4. The van der Waals surface area contributed by atoms with Gasteiger partial charge >= 0.3 is 0 Å². The molecule has 0 bridgehead atoms. The van der Waals surface area contributed by atoms with E-state index in [9.17, 15) is 4.79 Å². The Morgan fingerprint density at radius 1 is 1.15 bits per heavy atom. The normalized spacial score (nSPS) is 16.6. The lowest BCUT2D eigenvalue weighted by Gasteiger charge is -2.32. The van der Waals surface area contributed by atoms with Crippen LogP contribution in [0.15, 0.2) is 59.0 Å². The van der Waals surface area contributed by atoms with E-state index in [1.165, 1.54) is 5.56 Å². The summed E-state index contributed by atoms with van der Waals surface area (Å²) in [6.07, 6.45) is 1.82. The van der Waals surface area contributed by atoms with Gasteiger partial charge < -0.3 is 9.32 Å². The van der Waals surface area contributed by atoms with Gasteiger partial charge in [-0.25, -0.2) is 4.98 Å². The Morgan fingerprint density at radius 3 is 2.59 bits per heavy atom. The van der Waals surface area contributed by atoms with Crippen molar-refractivity contribution in [1.29, 1.82) is 0 Å². The average molecular weight is 381 g/mol. The molecule has 1 saturated heterocycles. The van der Waals surface area contributed by atoms with E-state index in [4.69, 9.17) is 4.42 Å². The fourth-order valence-electron chi connectivity index (χ4n) is 3.54. The zero-order valence-corrected chi connectivity index (χ0v) is 16.3. The van der Waals surface area contributed by atoms with Gasteiger partial charge in [0.15, 0.2) is 11.5 Å². The molecule has 1 amide bonds. The Bertz CT molecular complexity index is 868. The summed E-state index contributed by atoms with van der Waals surface area (Å²) in [6, 6.07) is 18.2. The van der Waals surface area contributed by atoms with Crippen LogP contribution in [-0.2, 0) is 10.5 Å². The second-order valence-electron chi connectivity index (χ2n) is 7.06. The van der Waals surface area contributed by atoms with Gasteiger partial charge in [-0.1, -0.05) is 42.5 Å². The zero-order valence-electron chi connectivity index (χ0n) is 15.5. The lowest BCUT2D eigenvalue weighted by molar-refractivity contribution is -0.131. The third-order valence-electron chi connectivity index (χ3n) is 5.16. The number of rotatable bonds is 5. The van der Waals surface area contributed by atoms with Gasteiger partial charge in [-0.2, -0.15) is 0 Å². The van der Waals surface area contributed by atoms with Crippen LogP contribution in [0.25, 0.3) is 11.1 Å². The molecule has 1 aliphatic heterocycles. The van der Waals surface area contributed by atoms with E-state index in [0.717, 1.165) is 48.7 Å². The van der Waals surface area contributed by atoms with Gasteiger partial charge in [-0.3, -0.25) is 4.79 Å². The van der Waals surface area contributed by atoms with E-state index in [1.54, 1.807) is 11.8 Å². The van der Waals surface area contributed by atoms with Gasteiger partial charge in [0.2, 0.25) is 5.91 Å². The molecule has 0 saturated carbocycles. The van der Waals surface area contributed by atoms with Crippen LogP contribution >= 0.6 is 11.8 Å². The molecule has 0 spiro atoms. The molecule has 1 atom stereocenters. The lowest BCUT2D eigenvalue weighted by Crippen LogP contribution is -2.41. The third-order valence-corrected chi connectivity index (χ3v) is 6.36. The highest BCUT2D eigenvalue weighted by Gasteiger charge is 2.29. The van der Waals surface area contributed by atoms with Crippen molar-refractivity contribution < 1.29 is 9.21 Å². The van der Waals surface area contributed by atoms with Crippen molar-refractivity contribution in [1.82, 2.24) is 9.88 Å². The monoisotopic (exact) mass is 380 g/mol. The summed E-state index contributed by atoms with van der Waals surface area (Å²) in [7, 11) is 0. The Labute approximate surface area is 164 Å². The van der Waals surface area contributed by atoms with Crippen molar-refractivity contribution in [3.63, 3.8) is 0 Å². The van der Waals surface area contributed by atoms with Gasteiger partial charge in [0.1, 0.15) is 5.52 Å². The number of fused-ring (bicyclic) bond motifs is 1. The first-order chi connectivity index (χ1) is 13.2. The van der Waals surface area contributed by atoms with Crippen LogP contribution < -0.4 is 0 Å². The number of aromatic nitrogens is 1. The molecule has 0 unspecified atom stereocenters. The number of piperidine rings is 1. The molecule has 5 heteroatoms. The number of likely N-dealkylation sites (tertiary alicyclic amines) is 1. The average Bonchev–Trinajstić information content (AvgIpc) is 3.16. The molecule has 140 valence electrons. The number of nitrogens with zero attached hydrogens (tertiary/aromatic N) is 2. The quantitative estimate of drug-likeness (QED) is 0.634. The van der Waals surface area contributed by atoms with E-state index >= 15 is 0 Å². The van der Waals surface area contributed by atoms with E-state index in [1.807, 2.05) is 54.3 Å². The molecular weight excluding hydrogens is 356 g/mol. The SMILES string of the molecule is C[C@@H](SCc1ccccc1)C(=O)N1CCC(c2nc3ccccc3o2)CC1. The Morgan fingerprint density at radius 2 is 1.85 bits per heavy atom. The maximum Gasteiger partial charge on any atom is 0.235 e. The first-order valence-electron chi connectivity index (χ1n) is 9.50. The van der Waals surface area contributed by atoms with Gasteiger partial charge in [0, 0.05) is 24.8 Å². The van der Waals surface area contributed by atoms with Gasteiger partial charge in [-0.05, 0) is 37.5 Å². The molecule has 27 heavy (non-hydrogen) atoms. The molecule has 0 aliphatic carbocycles. The van der Waals surface area contributed by atoms with Crippen LogP contribution in [0, 0.1) is 0 Å². The highest BCUT2D eigenvalue weighted by Crippen LogP contribution is 2.31. The topological polar surface area (TPSA) is 46.3 Å². The van der Waals surface area contributed by atoms with Crippen LogP contribution in [0.2, 0.25) is 0 Å². The fraction of sp³-hybridized carbons (Fsp3) is 0.364. The fourth-order valence-corrected chi connectivity index (χ4v) is 4.46.